The fraction of sp³-hybridized carbons (Fsp3) is 0.667. The van der Waals surface area contributed by atoms with E-state index in [0.717, 1.165) is 5.56 Å². The molecule has 13 nitrogen and oxygen atoms in total. The van der Waals surface area contributed by atoms with Crippen molar-refractivity contribution in [3.63, 3.8) is 0 Å². The molecule has 2 radical (unpaired) electrons. The van der Waals surface area contributed by atoms with E-state index in [1.165, 1.54) is 13.8 Å². The van der Waals surface area contributed by atoms with Crippen molar-refractivity contribution >= 4 is 37.3 Å². The number of hydrogen-bond donors (Lipinski definition) is 1. The van der Waals surface area contributed by atoms with Crippen LogP contribution in [0.4, 0.5) is 10.5 Å². The predicted octanol–water partition coefficient (Wildman–Crippen LogP) is 4.44. The highest BCUT2D eigenvalue weighted by atomic mass is 16.6. The van der Waals surface area contributed by atoms with E-state index in [-0.39, 0.29) is 24.0 Å². The number of cyclic esters (lactones) is 1. The predicted molar refractivity (Wildman–Crippen MR) is 189 cm³/mol. The molecule has 4 rings (SSSR count). The first-order chi connectivity index (χ1) is 23.5. The summed E-state index contributed by atoms with van der Waals surface area (Å²) < 4.78 is 19.8. The minimum absolute atomic E-state index is 0.0869. The van der Waals surface area contributed by atoms with Crippen LogP contribution in [0, 0.1) is 11.8 Å². The zero-order valence-electron chi connectivity index (χ0n) is 30.8. The van der Waals surface area contributed by atoms with Gasteiger partial charge in [0.2, 0.25) is 5.91 Å². The summed E-state index contributed by atoms with van der Waals surface area (Å²) in [6.45, 7) is 13.6. The van der Waals surface area contributed by atoms with Crippen LogP contribution in [0.5, 0.6) is 0 Å². The highest BCUT2D eigenvalue weighted by Crippen LogP contribution is 2.41. The smallest absolute Gasteiger partial charge is 0.410 e. The number of nitrogens with two attached hydrogens (primary N) is 1. The SMILES string of the molecule is [B][C@@H]1CC(=O)[C@@H](C)C(=O)O[C@H](CC)[C@@]2(C)OC(=O)N(CCCCn3cc(-c4cccc(N)c4)nn3)[C@@H]2[C@@H](C)N(C(C)=O)C[C@H](C)C[C@@]1(C)OC. The van der Waals surface area contributed by atoms with Crippen LogP contribution in [0.25, 0.3) is 11.3 Å². The molecule has 1 aromatic heterocycles. The molecule has 272 valence electrons. The van der Waals surface area contributed by atoms with Gasteiger partial charge in [0.15, 0.2) is 5.60 Å². The summed E-state index contributed by atoms with van der Waals surface area (Å²) in [4.78, 5) is 57.2. The average molecular weight is 693 g/mol. The molecular formula is C36H53BN6O7. The van der Waals surface area contributed by atoms with Gasteiger partial charge in [-0.05, 0) is 77.2 Å². The van der Waals surface area contributed by atoms with Gasteiger partial charge in [-0.15, -0.1) is 5.10 Å². The Bertz CT molecular complexity index is 1540. The lowest BCUT2D eigenvalue weighted by Gasteiger charge is -2.44. The number of nitrogens with zero attached hydrogens (tertiary/aromatic N) is 5. The summed E-state index contributed by atoms with van der Waals surface area (Å²) in [5.41, 5.74) is 5.93. The van der Waals surface area contributed by atoms with Crippen molar-refractivity contribution in [1.29, 1.82) is 0 Å². The molecule has 2 N–H and O–H groups in total. The van der Waals surface area contributed by atoms with E-state index in [1.54, 1.807) is 28.5 Å². The zero-order valence-corrected chi connectivity index (χ0v) is 30.8. The van der Waals surface area contributed by atoms with Crippen molar-refractivity contribution in [2.24, 2.45) is 11.8 Å². The molecule has 2 aliphatic heterocycles. The summed E-state index contributed by atoms with van der Waals surface area (Å²) in [6.07, 6.45) is 2.37. The average Bonchev–Trinajstić information content (AvgIpc) is 3.64. The molecule has 2 amide bonds. The Kier molecular flexibility index (Phi) is 12.4. The molecule has 2 saturated heterocycles. The van der Waals surface area contributed by atoms with Gasteiger partial charge in [-0.1, -0.05) is 31.2 Å². The third-order valence-electron chi connectivity index (χ3n) is 10.6. The second-order valence-electron chi connectivity index (χ2n) is 14.5. The number of amides is 2. The molecular weight excluding hydrogens is 639 g/mol. The van der Waals surface area contributed by atoms with Gasteiger partial charge in [-0.2, -0.15) is 0 Å². The van der Waals surface area contributed by atoms with Crippen LogP contribution in [-0.2, 0) is 35.1 Å². The molecule has 0 spiro atoms. The van der Waals surface area contributed by atoms with Gasteiger partial charge in [-0.3, -0.25) is 24.0 Å². The van der Waals surface area contributed by atoms with E-state index in [2.05, 4.69) is 10.3 Å². The molecule has 0 saturated carbocycles. The number of methoxy groups -OCH3 is 1. The minimum Gasteiger partial charge on any atom is -0.458 e. The molecule has 14 heteroatoms. The molecule has 1 aromatic carbocycles. The second kappa shape index (κ2) is 16.0. The van der Waals surface area contributed by atoms with Gasteiger partial charge in [0, 0.05) is 51.3 Å². The summed E-state index contributed by atoms with van der Waals surface area (Å²) >= 11 is 0. The normalized spacial score (nSPS) is 31.4. The van der Waals surface area contributed by atoms with Crippen LogP contribution >= 0.6 is 0 Å². The number of ketones is 1. The highest BCUT2D eigenvalue weighted by Gasteiger charge is 2.59. The van der Waals surface area contributed by atoms with Crippen LogP contribution in [0.3, 0.4) is 0 Å². The zero-order chi connectivity index (χ0) is 37.0. The van der Waals surface area contributed by atoms with E-state index in [4.69, 9.17) is 27.8 Å². The Morgan fingerprint density at radius 3 is 2.48 bits per heavy atom. The molecule has 2 aliphatic rings. The third-order valence-corrected chi connectivity index (χ3v) is 10.6. The number of rotatable bonds is 8. The number of Topliss-reactive ketones (excluding diaryl/α,β-unsaturated/α-hetero) is 1. The van der Waals surface area contributed by atoms with Crippen molar-refractivity contribution in [1.82, 2.24) is 24.8 Å². The second-order valence-corrected chi connectivity index (χ2v) is 14.5. The molecule has 0 bridgehead atoms. The molecule has 3 heterocycles. The molecule has 2 fully saturated rings. The summed E-state index contributed by atoms with van der Waals surface area (Å²) in [6, 6.07) is 6.25. The molecule has 8 atom stereocenters. The molecule has 50 heavy (non-hydrogen) atoms. The Balaban J connectivity index is 1.62. The highest BCUT2D eigenvalue weighted by molar-refractivity contribution is 6.15. The maximum atomic E-state index is 13.7. The van der Waals surface area contributed by atoms with Crippen LogP contribution in [0.15, 0.2) is 30.5 Å². The van der Waals surface area contributed by atoms with E-state index >= 15 is 0 Å². The largest absolute Gasteiger partial charge is 0.458 e. The summed E-state index contributed by atoms with van der Waals surface area (Å²) in [7, 11) is 8.09. The maximum Gasteiger partial charge on any atom is 0.410 e. The van der Waals surface area contributed by atoms with E-state index < -0.39 is 53.2 Å². The van der Waals surface area contributed by atoms with Gasteiger partial charge in [0.05, 0.1) is 31.7 Å². The number of carbonyl (C=O) groups excluding carboxylic acids is 4. The first kappa shape index (κ1) is 38.9. The Labute approximate surface area is 296 Å². The van der Waals surface area contributed by atoms with E-state index in [1.807, 2.05) is 58.2 Å². The first-order valence-corrected chi connectivity index (χ1v) is 17.6. The summed E-state index contributed by atoms with van der Waals surface area (Å²) in [5.74, 6) is -3.12. The lowest BCUT2D eigenvalue weighted by molar-refractivity contribution is -0.171. The first-order valence-electron chi connectivity index (χ1n) is 17.6. The van der Waals surface area contributed by atoms with Crippen LogP contribution in [-0.4, -0.2) is 106 Å². The number of aryl methyl sites for hydroxylation is 1. The fourth-order valence-corrected chi connectivity index (χ4v) is 7.57. The number of unbranched alkanes of at least 4 members (excludes halogenated alkanes) is 1. The quantitative estimate of drug-likeness (QED) is 0.138. The molecule has 2 aromatic rings. The minimum atomic E-state index is -1.32. The number of fused-ring (bicyclic) bond motifs is 1. The maximum absolute atomic E-state index is 13.7. The standard InChI is InChI=1S/C36H53BN6O7/c1-9-31-36(7)32(42(34(47)50-36)16-11-10-15-41-21-28(39-40-41)26-13-12-14-27(38)17-26)24(4)43(25(5)44)20-22(2)19-35(6,48-8)30(37)18-29(45)23(3)33(46)49-31/h12-14,17,21-24,30-32H,9-11,15-16,18-20,38H2,1-8H3/t22-,23-,24-,30-,31-,32-,35-,36-/m1/s1. The van der Waals surface area contributed by atoms with Gasteiger partial charge < -0.3 is 24.8 Å². The van der Waals surface area contributed by atoms with Gasteiger partial charge >= 0.3 is 12.1 Å². The number of carbonyl (C=O) groups is 4. The number of nitrogen functional groups attached to an aromatic ring is 1. The summed E-state index contributed by atoms with van der Waals surface area (Å²) in [5, 5.41) is 8.54. The van der Waals surface area contributed by atoms with Crippen LogP contribution in [0.2, 0.25) is 5.82 Å². The third kappa shape index (κ3) is 8.33. The molecule has 0 aliphatic carbocycles. The van der Waals surface area contributed by atoms with Gasteiger partial charge in [0.25, 0.3) is 0 Å². The van der Waals surface area contributed by atoms with Crippen molar-refractivity contribution in [2.45, 2.75) is 122 Å². The Morgan fingerprint density at radius 1 is 1.14 bits per heavy atom. The topological polar surface area (TPSA) is 159 Å². The van der Waals surface area contributed by atoms with Crippen LogP contribution in [0.1, 0.15) is 80.6 Å². The van der Waals surface area contributed by atoms with Crippen molar-refractivity contribution in [3.05, 3.63) is 30.5 Å². The van der Waals surface area contributed by atoms with Gasteiger partial charge in [-0.25, -0.2) is 4.79 Å². The van der Waals surface area contributed by atoms with Crippen LogP contribution < -0.4 is 5.73 Å². The van der Waals surface area contributed by atoms with Crippen molar-refractivity contribution < 1.29 is 33.4 Å². The Hall–Kier alpha value is -3.94. The number of esters is 1. The van der Waals surface area contributed by atoms with E-state index in [0.29, 0.717) is 56.7 Å². The van der Waals surface area contributed by atoms with Crippen molar-refractivity contribution in [2.75, 3.05) is 25.9 Å². The van der Waals surface area contributed by atoms with E-state index in [9.17, 15) is 19.2 Å². The number of hydrogen-bond acceptors (Lipinski definition) is 10. The fourth-order valence-electron chi connectivity index (χ4n) is 7.57. The number of aromatic nitrogens is 3. The number of benzene rings is 1. The molecule has 0 unspecified atom stereocenters. The number of ether oxygens (including phenoxy) is 3. The lowest BCUT2D eigenvalue weighted by Crippen LogP contribution is -2.62. The monoisotopic (exact) mass is 692 g/mol. The number of anilines is 1. The lowest BCUT2D eigenvalue weighted by atomic mass is 9.67. The van der Waals surface area contributed by atoms with Crippen molar-refractivity contribution in [3.8, 4) is 11.3 Å². The Morgan fingerprint density at radius 2 is 1.84 bits per heavy atom. The van der Waals surface area contributed by atoms with Gasteiger partial charge in [0.1, 0.15) is 23.5 Å².